The molecule has 0 radical (unpaired) electrons. The first-order valence-corrected chi connectivity index (χ1v) is 5.98. The second-order valence-electron chi connectivity index (χ2n) is 3.46. The second-order valence-corrected chi connectivity index (χ2v) is 4.24. The molecule has 0 saturated heterocycles. The summed E-state index contributed by atoms with van der Waals surface area (Å²) in [5.74, 6) is 0.386. The van der Waals surface area contributed by atoms with Gasteiger partial charge in [0, 0.05) is 17.7 Å². The van der Waals surface area contributed by atoms with E-state index in [0.29, 0.717) is 29.5 Å². The Kier molecular flexibility index (Phi) is 6.43. The summed E-state index contributed by atoms with van der Waals surface area (Å²) in [4.78, 5) is 11.3. The van der Waals surface area contributed by atoms with Gasteiger partial charge in [-0.25, -0.2) is 0 Å². The standard InChI is InChI=1S/C12H14Cl2O4/c1-16-3-4-18-7-8-5-9(13)6-10(12(14)15)11(8)17-2/h5-6H,3-4,7H2,1-2H3. The van der Waals surface area contributed by atoms with E-state index in [1.807, 2.05) is 0 Å². The summed E-state index contributed by atoms with van der Waals surface area (Å²) in [5.41, 5.74) is 0.905. The van der Waals surface area contributed by atoms with Crippen LogP contribution in [0.25, 0.3) is 0 Å². The first-order valence-electron chi connectivity index (χ1n) is 5.23. The Hall–Kier alpha value is -0.810. The van der Waals surface area contributed by atoms with Crippen molar-refractivity contribution in [1.29, 1.82) is 0 Å². The van der Waals surface area contributed by atoms with Crippen LogP contribution < -0.4 is 4.74 Å². The molecule has 1 aromatic rings. The van der Waals surface area contributed by atoms with Crippen LogP contribution in [0.2, 0.25) is 5.02 Å². The lowest BCUT2D eigenvalue weighted by Crippen LogP contribution is -2.05. The molecule has 0 unspecified atom stereocenters. The normalized spacial score (nSPS) is 10.4. The molecular weight excluding hydrogens is 279 g/mol. The fourth-order valence-corrected chi connectivity index (χ4v) is 1.85. The Labute approximate surface area is 116 Å². The molecule has 4 nitrogen and oxygen atoms in total. The number of rotatable bonds is 7. The van der Waals surface area contributed by atoms with E-state index in [9.17, 15) is 4.79 Å². The number of halogens is 2. The van der Waals surface area contributed by atoms with E-state index in [1.165, 1.54) is 13.2 Å². The minimum atomic E-state index is -0.618. The summed E-state index contributed by atoms with van der Waals surface area (Å²) in [7, 11) is 3.05. The summed E-state index contributed by atoms with van der Waals surface area (Å²) in [5, 5.41) is -0.211. The number of carbonyl (C=O) groups excluding carboxylic acids is 1. The van der Waals surface area contributed by atoms with Crippen LogP contribution >= 0.6 is 23.2 Å². The van der Waals surface area contributed by atoms with Crippen molar-refractivity contribution in [3.8, 4) is 5.75 Å². The Morgan fingerprint density at radius 2 is 2.00 bits per heavy atom. The molecule has 0 atom stereocenters. The van der Waals surface area contributed by atoms with Gasteiger partial charge < -0.3 is 14.2 Å². The maximum absolute atomic E-state index is 11.3. The van der Waals surface area contributed by atoms with Crippen molar-refractivity contribution in [2.45, 2.75) is 6.61 Å². The zero-order valence-electron chi connectivity index (χ0n) is 10.2. The molecule has 0 saturated carbocycles. The maximum Gasteiger partial charge on any atom is 0.256 e. The van der Waals surface area contributed by atoms with Crippen LogP contribution in [-0.2, 0) is 16.1 Å². The average molecular weight is 293 g/mol. The van der Waals surface area contributed by atoms with Crippen LogP contribution in [0.15, 0.2) is 12.1 Å². The summed E-state index contributed by atoms with van der Waals surface area (Å²) in [6, 6.07) is 3.14. The maximum atomic E-state index is 11.3. The van der Waals surface area contributed by atoms with Crippen LogP contribution in [0.1, 0.15) is 15.9 Å². The molecule has 0 aliphatic heterocycles. The molecule has 0 aromatic heterocycles. The van der Waals surface area contributed by atoms with Gasteiger partial charge >= 0.3 is 0 Å². The Balaban J connectivity index is 2.91. The highest BCUT2D eigenvalue weighted by atomic mass is 35.5. The molecule has 0 fully saturated rings. The zero-order chi connectivity index (χ0) is 13.5. The molecule has 0 spiro atoms. The summed E-state index contributed by atoms with van der Waals surface area (Å²) in [6.07, 6.45) is 0. The van der Waals surface area contributed by atoms with Crippen LogP contribution in [-0.4, -0.2) is 32.7 Å². The number of carbonyl (C=O) groups is 1. The highest BCUT2D eigenvalue weighted by molar-refractivity contribution is 6.68. The van der Waals surface area contributed by atoms with Crippen molar-refractivity contribution in [1.82, 2.24) is 0 Å². The van der Waals surface area contributed by atoms with Gasteiger partial charge in [-0.15, -0.1) is 0 Å². The van der Waals surface area contributed by atoms with Gasteiger partial charge in [-0.1, -0.05) is 11.6 Å². The fourth-order valence-electron chi connectivity index (χ4n) is 1.47. The molecule has 1 aromatic carbocycles. The van der Waals surface area contributed by atoms with Gasteiger partial charge in [0.25, 0.3) is 5.24 Å². The third kappa shape index (κ3) is 4.14. The SMILES string of the molecule is COCCOCc1cc(Cl)cc(C(=O)Cl)c1OC. The molecule has 0 N–H and O–H groups in total. The molecule has 0 bridgehead atoms. The van der Waals surface area contributed by atoms with Crippen molar-refractivity contribution in [3.05, 3.63) is 28.3 Å². The van der Waals surface area contributed by atoms with Crippen molar-refractivity contribution in [3.63, 3.8) is 0 Å². The minimum absolute atomic E-state index is 0.233. The van der Waals surface area contributed by atoms with Gasteiger partial charge in [0.1, 0.15) is 5.75 Å². The van der Waals surface area contributed by atoms with E-state index < -0.39 is 5.24 Å². The van der Waals surface area contributed by atoms with E-state index >= 15 is 0 Å². The second kappa shape index (κ2) is 7.59. The van der Waals surface area contributed by atoms with E-state index in [4.69, 9.17) is 37.4 Å². The third-order valence-corrected chi connectivity index (χ3v) is 2.66. The number of methoxy groups -OCH3 is 2. The van der Waals surface area contributed by atoms with Crippen molar-refractivity contribution in [2.75, 3.05) is 27.4 Å². The molecule has 0 aliphatic rings. The monoisotopic (exact) mass is 292 g/mol. The first-order chi connectivity index (χ1) is 8.60. The molecule has 6 heteroatoms. The Morgan fingerprint density at radius 1 is 1.28 bits per heavy atom. The average Bonchev–Trinajstić information content (AvgIpc) is 2.33. The summed E-state index contributed by atoms with van der Waals surface area (Å²) < 4.78 is 15.4. The van der Waals surface area contributed by atoms with Crippen LogP contribution in [0.5, 0.6) is 5.75 Å². The topological polar surface area (TPSA) is 44.8 Å². The van der Waals surface area contributed by atoms with E-state index in [1.54, 1.807) is 13.2 Å². The highest BCUT2D eigenvalue weighted by Gasteiger charge is 2.16. The Bertz CT molecular complexity index is 421. The summed E-state index contributed by atoms with van der Waals surface area (Å²) in [6.45, 7) is 1.20. The third-order valence-electron chi connectivity index (χ3n) is 2.24. The van der Waals surface area contributed by atoms with Gasteiger partial charge in [-0.05, 0) is 23.7 Å². The molecule has 0 aliphatic carbocycles. The summed E-state index contributed by atoms with van der Waals surface area (Å²) >= 11 is 11.4. The van der Waals surface area contributed by atoms with Crippen LogP contribution in [0, 0.1) is 0 Å². The highest BCUT2D eigenvalue weighted by Crippen LogP contribution is 2.30. The molecule has 0 amide bonds. The van der Waals surface area contributed by atoms with E-state index in [2.05, 4.69) is 0 Å². The van der Waals surface area contributed by atoms with Gasteiger partial charge in [-0.3, -0.25) is 4.79 Å². The lowest BCUT2D eigenvalue weighted by Gasteiger charge is -2.12. The zero-order valence-corrected chi connectivity index (χ0v) is 11.7. The van der Waals surface area contributed by atoms with Crippen LogP contribution in [0.4, 0.5) is 0 Å². The Morgan fingerprint density at radius 3 is 2.56 bits per heavy atom. The molecule has 0 heterocycles. The number of ether oxygens (including phenoxy) is 3. The largest absolute Gasteiger partial charge is 0.496 e. The van der Waals surface area contributed by atoms with Crippen LogP contribution in [0.3, 0.4) is 0 Å². The predicted molar refractivity (Wildman–Crippen MR) is 69.7 cm³/mol. The van der Waals surface area contributed by atoms with Crippen molar-refractivity contribution < 1.29 is 19.0 Å². The number of hydrogen-bond acceptors (Lipinski definition) is 4. The van der Waals surface area contributed by atoms with Gasteiger partial charge in [-0.2, -0.15) is 0 Å². The molecule has 18 heavy (non-hydrogen) atoms. The predicted octanol–water partition coefficient (Wildman–Crippen LogP) is 2.89. The number of hydrogen-bond donors (Lipinski definition) is 0. The van der Waals surface area contributed by atoms with Crippen molar-refractivity contribution >= 4 is 28.4 Å². The minimum Gasteiger partial charge on any atom is -0.496 e. The molecular formula is C12H14Cl2O4. The van der Waals surface area contributed by atoms with Crippen molar-refractivity contribution in [2.24, 2.45) is 0 Å². The molecule has 1 rings (SSSR count). The van der Waals surface area contributed by atoms with E-state index in [-0.39, 0.29) is 12.2 Å². The quantitative estimate of drug-likeness (QED) is 0.573. The lowest BCUT2D eigenvalue weighted by molar-refractivity contribution is 0.0607. The van der Waals surface area contributed by atoms with E-state index in [0.717, 1.165) is 0 Å². The first kappa shape index (κ1) is 15.2. The lowest BCUT2D eigenvalue weighted by atomic mass is 10.1. The van der Waals surface area contributed by atoms with Gasteiger partial charge in [0.05, 0.1) is 32.5 Å². The fraction of sp³-hybridized carbons (Fsp3) is 0.417. The van der Waals surface area contributed by atoms with Gasteiger partial charge in [0.2, 0.25) is 0 Å². The smallest absolute Gasteiger partial charge is 0.256 e. The molecule has 100 valence electrons. The number of benzene rings is 1. The van der Waals surface area contributed by atoms with Gasteiger partial charge in [0.15, 0.2) is 0 Å².